The predicted octanol–water partition coefficient (Wildman–Crippen LogP) is 3.13. The number of hydrogen-bond acceptors (Lipinski definition) is 4. The molecule has 1 aromatic heterocycles. The van der Waals surface area contributed by atoms with Crippen molar-refractivity contribution in [2.24, 2.45) is 5.73 Å². The zero-order chi connectivity index (χ0) is 14.0. The Kier molecular flexibility index (Phi) is 5.01. The summed E-state index contributed by atoms with van der Waals surface area (Å²) in [5, 5.41) is 2.42. The topological polar surface area (TPSA) is 41.3 Å². The van der Waals surface area contributed by atoms with Crippen LogP contribution in [0.2, 0.25) is 0 Å². The molecule has 1 aromatic rings. The van der Waals surface area contributed by atoms with E-state index in [0.717, 1.165) is 0 Å². The SMILES string of the molecule is Cc1cc(C(CN)NN2C(C)CCCC2C)c(C)s1. The van der Waals surface area contributed by atoms with Crippen molar-refractivity contribution in [1.29, 1.82) is 0 Å². The Morgan fingerprint density at radius 3 is 2.47 bits per heavy atom. The molecule has 3 nitrogen and oxygen atoms in total. The molecule has 19 heavy (non-hydrogen) atoms. The summed E-state index contributed by atoms with van der Waals surface area (Å²) in [5.41, 5.74) is 11.1. The van der Waals surface area contributed by atoms with E-state index in [-0.39, 0.29) is 6.04 Å². The molecular formula is C15H27N3S. The van der Waals surface area contributed by atoms with Crippen LogP contribution in [0.5, 0.6) is 0 Å². The van der Waals surface area contributed by atoms with Gasteiger partial charge in [0.05, 0.1) is 6.04 Å². The molecule has 4 heteroatoms. The molecule has 0 spiro atoms. The number of hydrogen-bond donors (Lipinski definition) is 2. The molecule has 0 saturated carbocycles. The van der Waals surface area contributed by atoms with Crippen LogP contribution in [0.1, 0.15) is 54.5 Å². The van der Waals surface area contributed by atoms with Crippen LogP contribution in [0, 0.1) is 13.8 Å². The largest absolute Gasteiger partial charge is 0.329 e. The van der Waals surface area contributed by atoms with Crippen LogP contribution in [-0.4, -0.2) is 23.6 Å². The van der Waals surface area contributed by atoms with Crippen molar-refractivity contribution in [3.05, 3.63) is 21.4 Å². The smallest absolute Gasteiger partial charge is 0.0598 e. The average molecular weight is 281 g/mol. The highest BCUT2D eigenvalue weighted by Crippen LogP contribution is 2.28. The maximum absolute atomic E-state index is 6.01. The number of hydrazine groups is 1. The molecule has 2 heterocycles. The van der Waals surface area contributed by atoms with Crippen LogP contribution in [0.15, 0.2) is 6.07 Å². The van der Waals surface area contributed by atoms with Gasteiger partial charge >= 0.3 is 0 Å². The van der Waals surface area contributed by atoms with Gasteiger partial charge in [-0.3, -0.25) is 0 Å². The van der Waals surface area contributed by atoms with Crippen LogP contribution in [0.3, 0.4) is 0 Å². The second kappa shape index (κ2) is 6.35. The molecule has 0 amide bonds. The van der Waals surface area contributed by atoms with Crippen LogP contribution in [0.4, 0.5) is 0 Å². The van der Waals surface area contributed by atoms with Gasteiger partial charge in [0.15, 0.2) is 0 Å². The zero-order valence-corrected chi connectivity index (χ0v) is 13.4. The first kappa shape index (κ1) is 15.0. The van der Waals surface area contributed by atoms with E-state index in [1.54, 1.807) is 0 Å². The monoisotopic (exact) mass is 281 g/mol. The van der Waals surface area contributed by atoms with Gasteiger partial charge in [-0.05, 0) is 52.2 Å². The van der Waals surface area contributed by atoms with E-state index in [1.165, 1.54) is 34.6 Å². The molecule has 0 bridgehead atoms. The summed E-state index contributed by atoms with van der Waals surface area (Å²) in [6.07, 6.45) is 3.89. The first-order valence-electron chi connectivity index (χ1n) is 7.34. The predicted molar refractivity (Wildman–Crippen MR) is 83.3 cm³/mol. The molecule has 0 aliphatic carbocycles. The summed E-state index contributed by atoms with van der Waals surface area (Å²) in [6, 6.07) is 3.72. The standard InChI is InChI=1S/C15H27N3S/c1-10-6-5-7-11(2)18(10)17-15(9-16)14-8-12(3)19-13(14)4/h8,10-11,15,17H,5-7,9,16H2,1-4H3. The quantitative estimate of drug-likeness (QED) is 0.891. The molecule has 1 aliphatic heterocycles. The first-order chi connectivity index (χ1) is 9.02. The lowest BCUT2D eigenvalue weighted by Crippen LogP contribution is -2.54. The Bertz CT molecular complexity index is 406. The van der Waals surface area contributed by atoms with Crippen molar-refractivity contribution in [1.82, 2.24) is 10.4 Å². The van der Waals surface area contributed by atoms with Crippen molar-refractivity contribution in [3.63, 3.8) is 0 Å². The lowest BCUT2D eigenvalue weighted by molar-refractivity contribution is 0.0304. The molecular weight excluding hydrogens is 254 g/mol. The van der Waals surface area contributed by atoms with Crippen LogP contribution >= 0.6 is 11.3 Å². The fourth-order valence-electron chi connectivity index (χ4n) is 3.10. The summed E-state index contributed by atoms with van der Waals surface area (Å²) in [5.74, 6) is 0. The lowest BCUT2D eigenvalue weighted by atomic mass is 9.99. The fourth-order valence-corrected chi connectivity index (χ4v) is 4.09. The number of nitrogens with two attached hydrogens (primary N) is 1. The molecule has 3 unspecified atom stereocenters. The van der Waals surface area contributed by atoms with E-state index in [9.17, 15) is 0 Å². The third kappa shape index (κ3) is 3.37. The molecule has 1 saturated heterocycles. The minimum absolute atomic E-state index is 0.243. The number of aryl methyl sites for hydroxylation is 2. The highest BCUT2D eigenvalue weighted by atomic mass is 32.1. The van der Waals surface area contributed by atoms with E-state index < -0.39 is 0 Å². The lowest BCUT2D eigenvalue weighted by Gasteiger charge is -2.41. The summed E-state index contributed by atoms with van der Waals surface area (Å²) in [4.78, 5) is 2.75. The Hall–Kier alpha value is -0.420. The first-order valence-corrected chi connectivity index (χ1v) is 8.16. The Labute approximate surface area is 121 Å². The zero-order valence-electron chi connectivity index (χ0n) is 12.6. The fraction of sp³-hybridized carbons (Fsp3) is 0.733. The van der Waals surface area contributed by atoms with Crippen molar-refractivity contribution in [2.45, 2.75) is 65.1 Å². The second-order valence-corrected chi connectivity index (χ2v) is 7.28. The normalized spacial score (nSPS) is 26.6. The second-order valence-electron chi connectivity index (χ2n) is 5.82. The highest BCUT2D eigenvalue weighted by molar-refractivity contribution is 7.12. The molecule has 0 aromatic carbocycles. The molecule has 3 atom stereocenters. The van der Waals surface area contributed by atoms with Gasteiger partial charge in [-0.2, -0.15) is 0 Å². The van der Waals surface area contributed by atoms with Gasteiger partial charge in [-0.25, -0.2) is 10.4 Å². The molecule has 1 fully saturated rings. The third-order valence-corrected chi connectivity index (χ3v) is 5.17. The Balaban J connectivity index is 2.12. The minimum atomic E-state index is 0.243. The van der Waals surface area contributed by atoms with Gasteiger partial charge < -0.3 is 5.73 Å². The maximum Gasteiger partial charge on any atom is 0.0598 e. The van der Waals surface area contributed by atoms with Gasteiger partial charge in [-0.1, -0.05) is 6.42 Å². The van der Waals surface area contributed by atoms with Crippen molar-refractivity contribution < 1.29 is 0 Å². The maximum atomic E-state index is 6.01. The molecule has 3 N–H and O–H groups in total. The van der Waals surface area contributed by atoms with Crippen molar-refractivity contribution >= 4 is 11.3 Å². The van der Waals surface area contributed by atoms with Gasteiger partial charge in [0.2, 0.25) is 0 Å². The summed E-state index contributed by atoms with van der Waals surface area (Å²) >= 11 is 1.86. The van der Waals surface area contributed by atoms with Crippen LogP contribution < -0.4 is 11.2 Å². The molecule has 0 radical (unpaired) electrons. The number of thiophene rings is 1. The van der Waals surface area contributed by atoms with E-state index in [0.29, 0.717) is 18.6 Å². The summed E-state index contributed by atoms with van der Waals surface area (Å²) in [7, 11) is 0. The van der Waals surface area contributed by atoms with E-state index >= 15 is 0 Å². The van der Waals surface area contributed by atoms with Crippen LogP contribution in [0.25, 0.3) is 0 Å². The Morgan fingerprint density at radius 2 is 2.00 bits per heavy atom. The Morgan fingerprint density at radius 1 is 1.37 bits per heavy atom. The average Bonchev–Trinajstić information content (AvgIpc) is 2.68. The highest BCUT2D eigenvalue weighted by Gasteiger charge is 2.27. The number of nitrogens with zero attached hydrogens (tertiary/aromatic N) is 1. The van der Waals surface area contributed by atoms with E-state index in [2.05, 4.69) is 44.2 Å². The summed E-state index contributed by atoms with van der Waals surface area (Å²) in [6.45, 7) is 9.62. The minimum Gasteiger partial charge on any atom is -0.329 e. The molecule has 2 rings (SSSR count). The van der Waals surface area contributed by atoms with E-state index in [4.69, 9.17) is 5.73 Å². The van der Waals surface area contributed by atoms with Crippen LogP contribution in [-0.2, 0) is 0 Å². The third-order valence-electron chi connectivity index (χ3n) is 4.19. The van der Waals surface area contributed by atoms with Gasteiger partial charge in [-0.15, -0.1) is 11.3 Å². The van der Waals surface area contributed by atoms with Crippen molar-refractivity contribution in [3.8, 4) is 0 Å². The van der Waals surface area contributed by atoms with Gasteiger partial charge in [0, 0.05) is 28.4 Å². The van der Waals surface area contributed by atoms with Crippen molar-refractivity contribution in [2.75, 3.05) is 6.54 Å². The van der Waals surface area contributed by atoms with Gasteiger partial charge in [0.25, 0.3) is 0 Å². The van der Waals surface area contributed by atoms with E-state index in [1.807, 2.05) is 11.3 Å². The molecule has 1 aliphatic rings. The number of piperidine rings is 1. The summed E-state index contributed by atoms with van der Waals surface area (Å²) < 4.78 is 0. The number of rotatable bonds is 4. The number of nitrogens with one attached hydrogen (secondary N) is 1. The molecule has 108 valence electrons. The van der Waals surface area contributed by atoms with Gasteiger partial charge in [0.1, 0.15) is 0 Å².